The highest BCUT2D eigenvalue weighted by Gasteiger charge is 2.26. The highest BCUT2D eigenvalue weighted by Crippen LogP contribution is 2.30. The Morgan fingerprint density at radius 3 is 2.45 bits per heavy atom. The Morgan fingerprint density at radius 2 is 1.73 bits per heavy atom. The molecule has 4 rings (SSSR count). The van der Waals surface area contributed by atoms with Crippen molar-refractivity contribution in [1.29, 1.82) is 0 Å². The van der Waals surface area contributed by atoms with Crippen molar-refractivity contribution in [3.8, 4) is 11.5 Å². The first-order valence-electron chi connectivity index (χ1n) is 10.9. The van der Waals surface area contributed by atoms with E-state index in [0.29, 0.717) is 43.1 Å². The molecule has 0 aliphatic carbocycles. The van der Waals surface area contributed by atoms with Crippen LogP contribution in [0.25, 0.3) is 10.2 Å². The Kier molecular flexibility index (Phi) is 7.10. The lowest BCUT2D eigenvalue weighted by Crippen LogP contribution is -2.41. The van der Waals surface area contributed by atoms with Gasteiger partial charge in [-0.25, -0.2) is 4.98 Å². The van der Waals surface area contributed by atoms with E-state index >= 15 is 0 Å². The van der Waals surface area contributed by atoms with E-state index in [1.807, 2.05) is 25.1 Å². The monoisotopic (exact) mass is 468 g/mol. The van der Waals surface area contributed by atoms with E-state index in [1.165, 1.54) is 0 Å². The zero-order valence-corrected chi connectivity index (χ0v) is 19.8. The lowest BCUT2D eigenvalue weighted by molar-refractivity contribution is -0.121. The minimum Gasteiger partial charge on any atom is -0.493 e. The highest BCUT2D eigenvalue weighted by atomic mass is 32.1. The normalized spacial score (nSPS) is 14.8. The van der Waals surface area contributed by atoms with Crippen LogP contribution in [0.2, 0.25) is 0 Å². The van der Waals surface area contributed by atoms with E-state index in [2.05, 4.69) is 20.5 Å². The van der Waals surface area contributed by atoms with Gasteiger partial charge in [0.15, 0.2) is 11.5 Å². The number of carbonyl (C=O) groups is 2. The van der Waals surface area contributed by atoms with Gasteiger partial charge in [-0.15, -0.1) is 11.3 Å². The summed E-state index contributed by atoms with van der Waals surface area (Å²) >= 11 is 1.64. The summed E-state index contributed by atoms with van der Waals surface area (Å²) < 4.78 is 11.6. The number of anilines is 2. The number of likely N-dealkylation sites (tertiary alicyclic amines) is 1. The summed E-state index contributed by atoms with van der Waals surface area (Å²) in [5.41, 5.74) is 2.33. The molecule has 9 heteroatoms. The second-order valence-electron chi connectivity index (χ2n) is 8.07. The molecule has 0 unspecified atom stereocenters. The van der Waals surface area contributed by atoms with Crippen molar-refractivity contribution in [2.24, 2.45) is 5.92 Å². The second kappa shape index (κ2) is 10.2. The molecule has 33 heavy (non-hydrogen) atoms. The van der Waals surface area contributed by atoms with Gasteiger partial charge < -0.3 is 20.1 Å². The number of thiazole rings is 1. The zero-order valence-electron chi connectivity index (χ0n) is 19.0. The van der Waals surface area contributed by atoms with Crippen LogP contribution in [-0.4, -0.2) is 55.6 Å². The predicted octanol–water partition coefficient (Wildman–Crippen LogP) is 3.91. The van der Waals surface area contributed by atoms with Crippen LogP contribution in [0, 0.1) is 12.8 Å². The van der Waals surface area contributed by atoms with Gasteiger partial charge in [0.1, 0.15) is 0 Å². The molecule has 1 aliphatic rings. The topological polar surface area (TPSA) is 92.8 Å². The number of nitrogens with one attached hydrogen (secondary N) is 2. The van der Waals surface area contributed by atoms with Crippen LogP contribution in [0.1, 0.15) is 17.8 Å². The molecule has 0 spiro atoms. The fourth-order valence-electron chi connectivity index (χ4n) is 4.04. The quantitative estimate of drug-likeness (QED) is 0.546. The van der Waals surface area contributed by atoms with E-state index < -0.39 is 0 Å². The Labute approximate surface area is 196 Å². The number of benzene rings is 2. The summed E-state index contributed by atoms with van der Waals surface area (Å²) in [5, 5.41) is 6.94. The van der Waals surface area contributed by atoms with E-state index in [0.717, 1.165) is 20.9 Å². The van der Waals surface area contributed by atoms with Gasteiger partial charge in [-0.3, -0.25) is 14.5 Å². The molecular formula is C24H28N4O4S. The van der Waals surface area contributed by atoms with Gasteiger partial charge in [-0.05, 0) is 63.2 Å². The molecule has 1 aliphatic heterocycles. The van der Waals surface area contributed by atoms with E-state index in [-0.39, 0.29) is 24.3 Å². The average Bonchev–Trinajstić information content (AvgIpc) is 3.18. The van der Waals surface area contributed by atoms with Crippen molar-refractivity contribution in [2.75, 3.05) is 44.5 Å². The summed E-state index contributed by atoms with van der Waals surface area (Å²) in [4.78, 5) is 31.8. The molecule has 2 N–H and O–H groups in total. The summed E-state index contributed by atoms with van der Waals surface area (Å²) in [6.07, 6.45) is 1.43. The van der Waals surface area contributed by atoms with Crippen LogP contribution in [0.15, 0.2) is 36.4 Å². The van der Waals surface area contributed by atoms with Gasteiger partial charge >= 0.3 is 0 Å². The predicted molar refractivity (Wildman–Crippen MR) is 130 cm³/mol. The molecule has 1 saturated heterocycles. The molecule has 0 radical (unpaired) electrons. The van der Waals surface area contributed by atoms with Gasteiger partial charge in [0.05, 0.1) is 36.0 Å². The van der Waals surface area contributed by atoms with Crippen molar-refractivity contribution < 1.29 is 19.1 Å². The van der Waals surface area contributed by atoms with Crippen LogP contribution in [0.3, 0.4) is 0 Å². The van der Waals surface area contributed by atoms with Crippen LogP contribution < -0.4 is 20.1 Å². The number of fused-ring (bicyclic) bond motifs is 1. The molecule has 0 bridgehead atoms. The van der Waals surface area contributed by atoms with Crippen LogP contribution in [0.5, 0.6) is 11.5 Å². The molecular weight excluding hydrogens is 440 g/mol. The molecule has 2 heterocycles. The van der Waals surface area contributed by atoms with Crippen LogP contribution in [0.4, 0.5) is 11.4 Å². The van der Waals surface area contributed by atoms with Gasteiger partial charge in [0.2, 0.25) is 11.8 Å². The molecule has 1 aromatic heterocycles. The van der Waals surface area contributed by atoms with E-state index in [4.69, 9.17) is 9.47 Å². The minimum absolute atomic E-state index is 0.0238. The Bertz CT molecular complexity index is 1150. The van der Waals surface area contributed by atoms with Gasteiger partial charge in [-0.2, -0.15) is 0 Å². The smallest absolute Gasteiger partial charge is 0.238 e. The van der Waals surface area contributed by atoms with Gasteiger partial charge in [0.25, 0.3) is 0 Å². The summed E-state index contributed by atoms with van der Waals surface area (Å²) in [7, 11) is 3.13. The fourth-order valence-corrected chi connectivity index (χ4v) is 4.84. The third-order valence-electron chi connectivity index (χ3n) is 5.75. The average molecular weight is 469 g/mol. The number of hydrogen-bond acceptors (Lipinski definition) is 7. The number of piperidine rings is 1. The number of carbonyl (C=O) groups excluding carboxylic acids is 2. The molecule has 1 fully saturated rings. The molecule has 2 amide bonds. The molecule has 0 atom stereocenters. The molecule has 3 aromatic rings. The van der Waals surface area contributed by atoms with Crippen LogP contribution in [-0.2, 0) is 9.59 Å². The standard InChI is InChI=1S/C24H28N4O4S/c1-15-25-19-12-17(5-7-22(19)33-15)27-24(30)16-8-10-28(11-9-16)14-23(29)26-18-4-6-20(31-2)21(13-18)32-3/h4-7,12-13,16H,8-11,14H2,1-3H3,(H,26,29)(H,27,30). The summed E-state index contributed by atoms with van der Waals surface area (Å²) in [6.45, 7) is 3.65. The Balaban J connectivity index is 1.25. The SMILES string of the molecule is COc1ccc(NC(=O)CN2CCC(C(=O)Nc3ccc4sc(C)nc4c3)CC2)cc1OC. The van der Waals surface area contributed by atoms with Crippen molar-refractivity contribution in [2.45, 2.75) is 19.8 Å². The number of nitrogens with zero attached hydrogens (tertiary/aromatic N) is 2. The first-order chi connectivity index (χ1) is 15.9. The third-order valence-corrected chi connectivity index (χ3v) is 6.71. The number of aromatic nitrogens is 1. The number of rotatable bonds is 7. The first kappa shape index (κ1) is 23.0. The number of hydrogen-bond donors (Lipinski definition) is 2. The summed E-state index contributed by atoms with van der Waals surface area (Å²) in [6, 6.07) is 11.1. The molecule has 8 nitrogen and oxygen atoms in total. The highest BCUT2D eigenvalue weighted by molar-refractivity contribution is 7.18. The number of aryl methyl sites for hydroxylation is 1. The Hall–Kier alpha value is -3.17. The van der Waals surface area contributed by atoms with E-state index in [9.17, 15) is 9.59 Å². The van der Waals surface area contributed by atoms with Crippen LogP contribution >= 0.6 is 11.3 Å². The fraction of sp³-hybridized carbons (Fsp3) is 0.375. The number of ether oxygens (including phenoxy) is 2. The second-order valence-corrected chi connectivity index (χ2v) is 9.31. The number of amides is 2. The molecule has 0 saturated carbocycles. The van der Waals surface area contributed by atoms with E-state index in [1.54, 1.807) is 43.8 Å². The minimum atomic E-state index is -0.100. The maximum absolute atomic E-state index is 12.7. The summed E-state index contributed by atoms with van der Waals surface area (Å²) in [5.74, 6) is 1.03. The lowest BCUT2D eigenvalue weighted by atomic mass is 9.96. The van der Waals surface area contributed by atoms with Crippen molar-refractivity contribution in [3.63, 3.8) is 0 Å². The van der Waals surface area contributed by atoms with Crippen molar-refractivity contribution in [3.05, 3.63) is 41.4 Å². The van der Waals surface area contributed by atoms with Crippen molar-refractivity contribution in [1.82, 2.24) is 9.88 Å². The maximum atomic E-state index is 12.7. The number of methoxy groups -OCH3 is 2. The lowest BCUT2D eigenvalue weighted by Gasteiger charge is -2.30. The van der Waals surface area contributed by atoms with Crippen molar-refractivity contribution >= 4 is 44.7 Å². The Morgan fingerprint density at radius 1 is 1.03 bits per heavy atom. The molecule has 174 valence electrons. The van der Waals surface area contributed by atoms with Gasteiger partial charge in [0, 0.05) is 23.4 Å². The largest absolute Gasteiger partial charge is 0.493 e. The first-order valence-corrected chi connectivity index (χ1v) is 11.7. The molecule has 2 aromatic carbocycles. The van der Waals surface area contributed by atoms with Gasteiger partial charge in [-0.1, -0.05) is 0 Å². The zero-order chi connectivity index (χ0) is 23.4. The third kappa shape index (κ3) is 5.61. The maximum Gasteiger partial charge on any atom is 0.238 e.